The van der Waals surface area contributed by atoms with Gasteiger partial charge in [-0.1, -0.05) is 0 Å². The third kappa shape index (κ3) is 2.55. The van der Waals surface area contributed by atoms with Gasteiger partial charge < -0.3 is 14.8 Å². The van der Waals surface area contributed by atoms with Crippen molar-refractivity contribution in [1.82, 2.24) is 4.98 Å². The first-order valence-electron chi connectivity index (χ1n) is 5.16. The SMILES string of the molecule is COC(=O)c1cc(-c2c[nH]c(=O)cc2C(=O)O)cs1. The van der Waals surface area contributed by atoms with Crippen molar-refractivity contribution in [2.45, 2.75) is 0 Å². The van der Waals surface area contributed by atoms with Crippen LogP contribution in [-0.4, -0.2) is 29.1 Å². The molecule has 2 heterocycles. The first-order valence-corrected chi connectivity index (χ1v) is 6.04. The number of pyridine rings is 1. The number of hydrogen-bond acceptors (Lipinski definition) is 5. The van der Waals surface area contributed by atoms with Crippen LogP contribution in [0.5, 0.6) is 0 Å². The predicted octanol–water partition coefficient (Wildman–Crippen LogP) is 1.59. The quantitative estimate of drug-likeness (QED) is 0.832. The monoisotopic (exact) mass is 279 g/mol. The first-order chi connectivity index (χ1) is 9.02. The topological polar surface area (TPSA) is 96.5 Å². The van der Waals surface area contributed by atoms with E-state index in [1.54, 1.807) is 5.38 Å². The molecule has 0 spiro atoms. The van der Waals surface area contributed by atoms with Gasteiger partial charge in [0.2, 0.25) is 5.56 Å². The van der Waals surface area contributed by atoms with Crippen LogP contribution in [0.25, 0.3) is 11.1 Å². The van der Waals surface area contributed by atoms with Gasteiger partial charge in [-0.05, 0) is 17.0 Å². The summed E-state index contributed by atoms with van der Waals surface area (Å²) in [6.45, 7) is 0. The molecule has 0 saturated carbocycles. The van der Waals surface area contributed by atoms with Crippen LogP contribution < -0.4 is 5.56 Å². The van der Waals surface area contributed by atoms with Gasteiger partial charge in [-0.25, -0.2) is 9.59 Å². The number of H-pyrrole nitrogens is 1. The molecule has 0 radical (unpaired) electrons. The number of aromatic nitrogens is 1. The Labute approximate surface area is 111 Å². The van der Waals surface area contributed by atoms with Crippen LogP contribution in [-0.2, 0) is 4.74 Å². The normalized spacial score (nSPS) is 10.2. The zero-order valence-electron chi connectivity index (χ0n) is 9.80. The molecule has 0 aliphatic heterocycles. The molecular weight excluding hydrogens is 270 g/mol. The summed E-state index contributed by atoms with van der Waals surface area (Å²) in [4.78, 5) is 36.4. The second-order valence-corrected chi connectivity index (χ2v) is 4.53. The summed E-state index contributed by atoms with van der Waals surface area (Å²) >= 11 is 1.14. The summed E-state index contributed by atoms with van der Waals surface area (Å²) in [7, 11) is 1.27. The van der Waals surface area contributed by atoms with Crippen LogP contribution in [0.3, 0.4) is 0 Å². The Balaban J connectivity index is 2.53. The summed E-state index contributed by atoms with van der Waals surface area (Å²) in [6.07, 6.45) is 1.31. The lowest BCUT2D eigenvalue weighted by Crippen LogP contribution is -2.10. The van der Waals surface area contributed by atoms with Gasteiger partial charge >= 0.3 is 11.9 Å². The fourth-order valence-electron chi connectivity index (χ4n) is 1.57. The average molecular weight is 279 g/mol. The summed E-state index contributed by atoms with van der Waals surface area (Å²) in [5, 5.41) is 10.7. The van der Waals surface area contributed by atoms with E-state index in [4.69, 9.17) is 5.11 Å². The van der Waals surface area contributed by atoms with E-state index in [-0.39, 0.29) is 5.56 Å². The van der Waals surface area contributed by atoms with Crippen molar-refractivity contribution in [1.29, 1.82) is 0 Å². The molecule has 0 fully saturated rings. The molecule has 2 aromatic heterocycles. The number of carboxylic acids is 1. The molecule has 0 bridgehead atoms. The van der Waals surface area contributed by atoms with Crippen molar-refractivity contribution >= 4 is 23.3 Å². The number of aromatic carboxylic acids is 1. The van der Waals surface area contributed by atoms with Crippen LogP contribution in [0.15, 0.2) is 28.5 Å². The Hall–Kier alpha value is -2.41. The second-order valence-electron chi connectivity index (χ2n) is 3.62. The number of hydrogen-bond donors (Lipinski definition) is 2. The second kappa shape index (κ2) is 5.07. The van der Waals surface area contributed by atoms with E-state index in [0.29, 0.717) is 16.0 Å². The highest BCUT2D eigenvalue weighted by molar-refractivity contribution is 7.12. The fourth-order valence-corrected chi connectivity index (χ4v) is 2.40. The number of carboxylic acid groups (broad SMARTS) is 1. The van der Waals surface area contributed by atoms with Gasteiger partial charge in [0.15, 0.2) is 0 Å². The standard InChI is InChI=1S/C12H9NO5S/c1-18-12(17)9-2-6(5-19-9)8-4-13-10(14)3-7(8)11(15)16/h2-5H,1H3,(H,13,14)(H,15,16). The molecule has 7 heteroatoms. The maximum atomic E-state index is 11.3. The summed E-state index contributed by atoms with van der Waals surface area (Å²) in [5.74, 6) is -1.69. The van der Waals surface area contributed by atoms with Gasteiger partial charge in [0.25, 0.3) is 0 Å². The van der Waals surface area contributed by atoms with E-state index >= 15 is 0 Å². The van der Waals surface area contributed by atoms with Crippen LogP contribution in [0.1, 0.15) is 20.0 Å². The van der Waals surface area contributed by atoms with Gasteiger partial charge in [-0.15, -0.1) is 11.3 Å². The average Bonchev–Trinajstić information content (AvgIpc) is 2.87. The molecule has 19 heavy (non-hydrogen) atoms. The molecule has 0 aliphatic carbocycles. The number of rotatable bonds is 3. The molecule has 0 unspecified atom stereocenters. The molecule has 2 rings (SSSR count). The number of carbonyl (C=O) groups excluding carboxylic acids is 1. The number of esters is 1. The van der Waals surface area contributed by atoms with Crippen LogP contribution in [0, 0.1) is 0 Å². The number of ether oxygens (including phenoxy) is 1. The van der Waals surface area contributed by atoms with Crippen molar-refractivity contribution in [3.8, 4) is 11.1 Å². The van der Waals surface area contributed by atoms with Crippen LogP contribution in [0.2, 0.25) is 0 Å². The van der Waals surface area contributed by atoms with Crippen molar-refractivity contribution in [2.24, 2.45) is 0 Å². The molecule has 2 aromatic rings. The zero-order chi connectivity index (χ0) is 14.0. The molecule has 6 nitrogen and oxygen atoms in total. The smallest absolute Gasteiger partial charge is 0.348 e. The lowest BCUT2D eigenvalue weighted by atomic mass is 10.0. The van der Waals surface area contributed by atoms with E-state index in [2.05, 4.69) is 9.72 Å². The Morgan fingerprint density at radius 1 is 1.37 bits per heavy atom. The van der Waals surface area contributed by atoms with Gasteiger partial charge in [0.05, 0.1) is 12.7 Å². The van der Waals surface area contributed by atoms with E-state index < -0.39 is 17.5 Å². The molecular formula is C12H9NO5S. The third-order valence-corrected chi connectivity index (χ3v) is 3.36. The van der Waals surface area contributed by atoms with Crippen LogP contribution >= 0.6 is 11.3 Å². The van der Waals surface area contributed by atoms with E-state index in [1.165, 1.54) is 19.4 Å². The predicted molar refractivity (Wildman–Crippen MR) is 68.7 cm³/mol. The first kappa shape index (κ1) is 13.0. The highest BCUT2D eigenvalue weighted by Gasteiger charge is 2.16. The third-order valence-electron chi connectivity index (χ3n) is 2.45. The van der Waals surface area contributed by atoms with Gasteiger partial charge in [0.1, 0.15) is 4.88 Å². The maximum absolute atomic E-state index is 11.3. The number of methoxy groups -OCH3 is 1. The summed E-state index contributed by atoms with van der Waals surface area (Å²) in [6, 6.07) is 2.53. The number of thiophene rings is 1. The highest BCUT2D eigenvalue weighted by atomic mass is 32.1. The Kier molecular flexibility index (Phi) is 3.48. The molecule has 2 N–H and O–H groups in total. The van der Waals surface area contributed by atoms with Crippen molar-refractivity contribution in [3.63, 3.8) is 0 Å². The van der Waals surface area contributed by atoms with Crippen molar-refractivity contribution < 1.29 is 19.4 Å². The summed E-state index contributed by atoms with van der Waals surface area (Å²) in [5.41, 5.74) is 0.278. The zero-order valence-corrected chi connectivity index (χ0v) is 10.6. The number of carbonyl (C=O) groups is 2. The minimum Gasteiger partial charge on any atom is -0.478 e. The van der Waals surface area contributed by atoms with Crippen molar-refractivity contribution in [2.75, 3.05) is 7.11 Å². The molecule has 0 aromatic carbocycles. The molecule has 0 aliphatic rings. The highest BCUT2D eigenvalue weighted by Crippen LogP contribution is 2.27. The Morgan fingerprint density at radius 2 is 2.11 bits per heavy atom. The van der Waals surface area contributed by atoms with E-state index in [0.717, 1.165) is 17.4 Å². The minimum absolute atomic E-state index is 0.113. The molecule has 98 valence electrons. The fraction of sp³-hybridized carbons (Fsp3) is 0.0833. The van der Waals surface area contributed by atoms with E-state index in [9.17, 15) is 14.4 Å². The van der Waals surface area contributed by atoms with Gasteiger partial charge in [-0.2, -0.15) is 0 Å². The lowest BCUT2D eigenvalue weighted by molar-refractivity contribution is 0.0605. The Morgan fingerprint density at radius 3 is 2.74 bits per heavy atom. The van der Waals surface area contributed by atoms with Crippen LogP contribution in [0.4, 0.5) is 0 Å². The molecule has 0 amide bonds. The Bertz CT molecular complexity index is 700. The minimum atomic E-state index is -1.20. The molecule has 0 atom stereocenters. The number of nitrogens with one attached hydrogen (secondary N) is 1. The number of aromatic amines is 1. The van der Waals surface area contributed by atoms with Gasteiger partial charge in [0, 0.05) is 17.8 Å². The van der Waals surface area contributed by atoms with E-state index in [1.807, 2.05) is 0 Å². The lowest BCUT2D eigenvalue weighted by Gasteiger charge is -2.02. The molecule has 0 saturated heterocycles. The van der Waals surface area contributed by atoms with Crippen molar-refractivity contribution in [3.05, 3.63) is 44.5 Å². The largest absolute Gasteiger partial charge is 0.478 e. The maximum Gasteiger partial charge on any atom is 0.348 e. The van der Waals surface area contributed by atoms with Gasteiger partial charge in [-0.3, -0.25) is 4.79 Å². The summed E-state index contributed by atoms with van der Waals surface area (Å²) < 4.78 is 4.58.